The molecule has 0 saturated carbocycles. The monoisotopic (exact) mass is 637 g/mol. The van der Waals surface area contributed by atoms with Gasteiger partial charge in [-0.2, -0.15) is 0 Å². The van der Waals surface area contributed by atoms with Crippen LogP contribution in [0.1, 0.15) is 90.5 Å². The highest BCUT2D eigenvalue weighted by Crippen LogP contribution is 2.43. The lowest BCUT2D eigenvalue weighted by Crippen LogP contribution is -2.18. The van der Waals surface area contributed by atoms with Crippen molar-refractivity contribution < 1.29 is 39.3 Å². The number of nitrogens with two attached hydrogens (primary N) is 3. The van der Waals surface area contributed by atoms with Gasteiger partial charge in [-0.25, -0.2) is 19.4 Å². The van der Waals surface area contributed by atoms with Crippen LogP contribution in [0.3, 0.4) is 0 Å². The molecule has 0 radical (unpaired) electrons. The summed E-state index contributed by atoms with van der Waals surface area (Å²) in [5.41, 5.74) is 17.8. The van der Waals surface area contributed by atoms with Gasteiger partial charge in [0.05, 0.1) is 23.0 Å². The highest BCUT2D eigenvalue weighted by molar-refractivity contribution is 6.38. The summed E-state index contributed by atoms with van der Waals surface area (Å²) in [7, 11) is 0. The summed E-state index contributed by atoms with van der Waals surface area (Å²) in [6.45, 7) is 4.60. The number of rotatable bonds is 9. The number of amides is 2. The van der Waals surface area contributed by atoms with Crippen LogP contribution >= 0.6 is 0 Å². The minimum atomic E-state index is -1.25. The van der Waals surface area contributed by atoms with E-state index in [4.69, 9.17) is 22.3 Å². The largest absolute Gasteiger partial charge is 0.478 e. The van der Waals surface area contributed by atoms with E-state index in [0.717, 1.165) is 18.5 Å². The number of carboxylic acid groups (broad SMARTS) is 3. The fraction of sp³-hybridized carbons (Fsp3) is 0.176. The molecule has 9 N–H and O–H groups in total. The summed E-state index contributed by atoms with van der Waals surface area (Å²) < 4.78 is 1.69. The molecule has 240 valence electrons. The lowest BCUT2D eigenvalue weighted by Gasteiger charge is -2.18. The van der Waals surface area contributed by atoms with Crippen molar-refractivity contribution in [2.24, 2.45) is 17.2 Å². The van der Waals surface area contributed by atoms with E-state index in [2.05, 4.69) is 4.98 Å². The van der Waals surface area contributed by atoms with E-state index < -0.39 is 29.7 Å². The number of imidazole rings is 1. The molecule has 1 atom stereocenters. The molecule has 47 heavy (non-hydrogen) atoms. The highest BCUT2D eigenvalue weighted by Gasteiger charge is 2.25. The molecule has 13 nitrogen and oxygen atoms in total. The first-order valence-corrected chi connectivity index (χ1v) is 14.6. The fourth-order valence-electron chi connectivity index (χ4n) is 6.18. The number of aromatic nitrogens is 2. The van der Waals surface area contributed by atoms with E-state index in [9.17, 15) is 34.2 Å². The SMILES string of the molecule is CCCn1c(C(N)CC)cnc1C(=O)O.NC(=O)c1ccc2c3ccc(C(=O)O)c4c(C(=O)O)ccc(c5ccc(C(N)=O)c1c25)c43. The van der Waals surface area contributed by atoms with Crippen LogP contribution in [-0.4, -0.2) is 54.6 Å². The lowest BCUT2D eigenvalue weighted by molar-refractivity contribution is 0.0670. The topological polar surface area (TPSA) is 242 Å². The first kappa shape index (κ1) is 32.3. The van der Waals surface area contributed by atoms with Crippen molar-refractivity contribution >= 4 is 72.8 Å². The van der Waals surface area contributed by atoms with Crippen LogP contribution in [0.4, 0.5) is 0 Å². The zero-order chi connectivity index (χ0) is 34.3. The summed E-state index contributed by atoms with van der Waals surface area (Å²) in [6, 6.07) is 12.0. The van der Waals surface area contributed by atoms with Crippen molar-refractivity contribution in [2.75, 3.05) is 0 Å². The Morgan fingerprint density at radius 3 is 1.40 bits per heavy atom. The Labute approximate surface area is 266 Å². The normalized spacial score (nSPS) is 11.9. The summed E-state index contributed by atoms with van der Waals surface area (Å²) in [5, 5.41) is 32.2. The maximum atomic E-state index is 12.1. The number of carbonyl (C=O) groups is 5. The van der Waals surface area contributed by atoms with Crippen molar-refractivity contribution in [2.45, 2.75) is 39.3 Å². The van der Waals surface area contributed by atoms with Gasteiger partial charge in [0.15, 0.2) is 0 Å². The van der Waals surface area contributed by atoms with Crippen molar-refractivity contribution in [3.63, 3.8) is 0 Å². The number of carboxylic acids is 3. The zero-order valence-electron chi connectivity index (χ0n) is 25.4. The van der Waals surface area contributed by atoms with Crippen molar-refractivity contribution in [3.05, 3.63) is 88.5 Å². The molecule has 0 fully saturated rings. The molecular formula is C34H31N5O8. The second kappa shape index (κ2) is 12.4. The van der Waals surface area contributed by atoms with Crippen LogP contribution in [0.2, 0.25) is 0 Å². The van der Waals surface area contributed by atoms with Gasteiger partial charge >= 0.3 is 17.9 Å². The van der Waals surface area contributed by atoms with Crippen LogP contribution < -0.4 is 17.2 Å². The quantitative estimate of drug-likeness (QED) is 0.0940. The van der Waals surface area contributed by atoms with Crippen LogP contribution in [0.25, 0.3) is 43.1 Å². The molecule has 0 bridgehead atoms. The van der Waals surface area contributed by atoms with Crippen LogP contribution in [0.15, 0.2) is 54.7 Å². The number of fused-ring (bicyclic) bond motifs is 2. The smallest absolute Gasteiger partial charge is 0.372 e. The maximum absolute atomic E-state index is 12.1. The predicted molar refractivity (Wildman–Crippen MR) is 175 cm³/mol. The Bertz CT molecular complexity index is 2030. The van der Waals surface area contributed by atoms with Crippen LogP contribution in [0.5, 0.6) is 0 Å². The summed E-state index contributed by atoms with van der Waals surface area (Å²) in [5.74, 6) is -4.88. The molecule has 5 aromatic carbocycles. The van der Waals surface area contributed by atoms with E-state index in [0.29, 0.717) is 44.2 Å². The van der Waals surface area contributed by atoms with Gasteiger partial charge in [0.25, 0.3) is 0 Å². The Morgan fingerprint density at radius 1 is 0.660 bits per heavy atom. The minimum absolute atomic E-state index is 0.0794. The number of nitrogens with zero attached hydrogens (tertiary/aromatic N) is 2. The molecule has 1 aromatic heterocycles. The average Bonchev–Trinajstić information content (AvgIpc) is 3.46. The van der Waals surface area contributed by atoms with Gasteiger partial charge in [0, 0.05) is 34.5 Å². The van der Waals surface area contributed by atoms with Gasteiger partial charge in [-0.3, -0.25) is 9.59 Å². The summed E-state index contributed by atoms with van der Waals surface area (Å²) >= 11 is 0. The van der Waals surface area contributed by atoms with Crippen molar-refractivity contribution in [3.8, 4) is 0 Å². The molecule has 13 heteroatoms. The summed E-state index contributed by atoms with van der Waals surface area (Å²) in [6.07, 6.45) is 3.20. The van der Waals surface area contributed by atoms with Gasteiger partial charge in [-0.1, -0.05) is 38.1 Å². The Kier molecular flexibility index (Phi) is 8.50. The van der Waals surface area contributed by atoms with E-state index in [1.807, 2.05) is 13.8 Å². The number of aromatic carboxylic acids is 3. The molecule has 0 spiro atoms. The third-order valence-corrected chi connectivity index (χ3v) is 8.24. The molecule has 6 aromatic rings. The number of hydrogen-bond donors (Lipinski definition) is 6. The number of carbonyl (C=O) groups excluding carboxylic acids is 2. The van der Waals surface area contributed by atoms with Gasteiger partial charge in [0.2, 0.25) is 17.6 Å². The zero-order valence-corrected chi connectivity index (χ0v) is 25.4. The molecule has 1 unspecified atom stereocenters. The minimum Gasteiger partial charge on any atom is -0.478 e. The number of hydrogen-bond acceptors (Lipinski definition) is 7. The third-order valence-electron chi connectivity index (χ3n) is 8.24. The number of benzene rings is 5. The van der Waals surface area contributed by atoms with Crippen LogP contribution in [0, 0.1) is 0 Å². The Balaban J connectivity index is 0.000000244. The number of primary amides is 2. The van der Waals surface area contributed by atoms with Gasteiger partial charge in [-0.15, -0.1) is 0 Å². The predicted octanol–water partition coefficient (Wildman–Crippen LogP) is 4.73. The molecule has 0 aliphatic heterocycles. The first-order valence-electron chi connectivity index (χ1n) is 14.6. The van der Waals surface area contributed by atoms with Crippen molar-refractivity contribution in [1.29, 1.82) is 0 Å². The maximum Gasteiger partial charge on any atom is 0.372 e. The first-order chi connectivity index (χ1) is 22.3. The summed E-state index contributed by atoms with van der Waals surface area (Å²) in [4.78, 5) is 62.8. The Hall–Kier alpha value is -6.08. The van der Waals surface area contributed by atoms with Gasteiger partial charge in [-0.05, 0) is 69.4 Å². The van der Waals surface area contributed by atoms with E-state index in [-0.39, 0.29) is 39.5 Å². The molecule has 0 aliphatic carbocycles. The molecule has 0 saturated heterocycles. The highest BCUT2D eigenvalue weighted by atomic mass is 16.4. The molecule has 1 heterocycles. The molecular weight excluding hydrogens is 606 g/mol. The third kappa shape index (κ3) is 5.32. The van der Waals surface area contributed by atoms with E-state index in [1.165, 1.54) is 24.3 Å². The lowest BCUT2D eigenvalue weighted by atomic mass is 9.84. The average molecular weight is 638 g/mol. The van der Waals surface area contributed by atoms with E-state index in [1.54, 1.807) is 35.0 Å². The standard InChI is InChI=1S/C24H14N2O6.C10H17N3O2/c25-21(27)13-5-1-9-11-3-7-15(23(29)30)20-16(24(31)32)8-4-12(18(11)20)10-2-6-14(22(26)28)19(13)17(9)10;1-3-5-13-8(7(11)4-2)6-12-9(13)10(14)15/h1-8H,(H2,25,27)(H2,26,28)(H,29,30)(H,31,32);6-7H,3-5,11H2,1-2H3,(H,14,15). The second-order valence-electron chi connectivity index (χ2n) is 11.0. The Morgan fingerprint density at radius 2 is 1.06 bits per heavy atom. The van der Waals surface area contributed by atoms with Crippen LogP contribution in [-0.2, 0) is 6.54 Å². The molecule has 0 aliphatic rings. The fourth-order valence-corrected chi connectivity index (χ4v) is 6.18. The van der Waals surface area contributed by atoms with Gasteiger partial charge in [0.1, 0.15) is 0 Å². The van der Waals surface area contributed by atoms with E-state index >= 15 is 0 Å². The molecule has 2 amide bonds. The second-order valence-corrected chi connectivity index (χ2v) is 11.0. The molecule has 6 rings (SSSR count). The van der Waals surface area contributed by atoms with Crippen molar-refractivity contribution in [1.82, 2.24) is 9.55 Å². The van der Waals surface area contributed by atoms with Gasteiger partial charge < -0.3 is 37.1 Å².